The third kappa shape index (κ3) is 9.63. The third-order valence-corrected chi connectivity index (χ3v) is 10.3. The van der Waals surface area contributed by atoms with Crippen LogP contribution in [0.25, 0.3) is 33.8 Å². The number of hydrogen-bond donors (Lipinski definition) is 2. The molecule has 0 aliphatic carbocycles. The lowest BCUT2D eigenvalue weighted by atomic mass is 10.1. The fraction of sp³-hybridized carbons (Fsp3) is 0.0857. The van der Waals surface area contributed by atoms with Gasteiger partial charge in [-0.25, -0.2) is 8.78 Å². The van der Waals surface area contributed by atoms with E-state index in [-0.39, 0.29) is 44.6 Å². The van der Waals surface area contributed by atoms with Crippen molar-refractivity contribution >= 4 is 95.6 Å². The van der Waals surface area contributed by atoms with E-state index in [1.54, 1.807) is 71.3 Å². The number of benzene rings is 3. The quantitative estimate of drug-likeness (QED) is 0.121. The summed E-state index contributed by atoms with van der Waals surface area (Å²) in [7, 11) is 0. The van der Waals surface area contributed by atoms with Gasteiger partial charge in [-0.2, -0.15) is 14.9 Å². The summed E-state index contributed by atoms with van der Waals surface area (Å²) in [5, 5.41) is 30.4. The Balaban J connectivity index is 0.000000181. The van der Waals surface area contributed by atoms with Crippen LogP contribution in [0.1, 0.15) is 18.1 Å². The van der Waals surface area contributed by atoms with Gasteiger partial charge in [0.2, 0.25) is 5.95 Å². The highest BCUT2D eigenvalue weighted by Crippen LogP contribution is 2.38. The van der Waals surface area contributed by atoms with E-state index >= 15 is 0 Å². The summed E-state index contributed by atoms with van der Waals surface area (Å²) in [6.07, 6.45) is 0. The van der Waals surface area contributed by atoms with Gasteiger partial charge in [-0.15, -0.1) is 0 Å². The number of rotatable bonds is 7. The Labute approximate surface area is 347 Å². The maximum absolute atomic E-state index is 14.4. The Morgan fingerprint density at radius 3 is 1.87 bits per heavy atom. The third-order valence-electron chi connectivity index (χ3n) is 7.20. The van der Waals surface area contributed by atoms with E-state index in [0.29, 0.717) is 53.7 Å². The molecule has 0 atom stereocenters. The van der Waals surface area contributed by atoms with Crippen molar-refractivity contribution in [3.05, 3.63) is 140 Å². The van der Waals surface area contributed by atoms with Crippen molar-refractivity contribution in [1.82, 2.24) is 14.5 Å². The van der Waals surface area contributed by atoms with Gasteiger partial charge in [0.15, 0.2) is 16.1 Å². The van der Waals surface area contributed by atoms with Crippen molar-refractivity contribution in [2.45, 2.75) is 13.7 Å². The van der Waals surface area contributed by atoms with E-state index in [0.717, 1.165) is 0 Å². The molecule has 0 bridgehead atoms. The summed E-state index contributed by atoms with van der Waals surface area (Å²) in [5.74, 6) is -2.11. The number of aromatic amines is 2. The molecule has 54 heavy (non-hydrogen) atoms. The number of nitriles is 2. The minimum absolute atomic E-state index is 0.0327. The highest BCUT2D eigenvalue weighted by atomic mass is 79.9. The maximum Gasteiger partial charge on any atom is 0.311 e. The molecule has 0 saturated carbocycles. The van der Waals surface area contributed by atoms with Gasteiger partial charge >= 0.3 is 5.69 Å². The van der Waals surface area contributed by atoms with E-state index in [1.807, 2.05) is 13.0 Å². The van der Waals surface area contributed by atoms with Crippen LogP contribution in [0.5, 0.6) is 0 Å². The number of nitro groups is 1. The molecule has 3 aromatic carbocycles. The largest absolute Gasteiger partial charge is 0.361 e. The van der Waals surface area contributed by atoms with Crippen molar-refractivity contribution in [3.8, 4) is 45.9 Å². The molecule has 9 nitrogen and oxygen atoms in total. The molecule has 0 aliphatic rings. The van der Waals surface area contributed by atoms with Crippen LogP contribution in [0, 0.1) is 50.4 Å². The zero-order valence-corrected chi connectivity index (χ0v) is 34.0. The second-order valence-electron chi connectivity index (χ2n) is 10.5. The number of halogens is 10. The van der Waals surface area contributed by atoms with E-state index in [4.69, 9.17) is 73.3 Å². The molecule has 0 radical (unpaired) electrons. The summed E-state index contributed by atoms with van der Waals surface area (Å²) < 4.78 is 48.2. The van der Waals surface area contributed by atoms with E-state index in [1.165, 1.54) is 6.07 Å². The molecule has 2 N–H and O–H groups in total. The zero-order valence-electron chi connectivity index (χ0n) is 27.1. The predicted octanol–water partition coefficient (Wildman–Crippen LogP) is 13.4. The van der Waals surface area contributed by atoms with Crippen LogP contribution in [0.15, 0.2) is 75.8 Å². The van der Waals surface area contributed by atoms with Crippen LogP contribution in [-0.2, 0) is 11.5 Å². The highest BCUT2D eigenvalue weighted by Gasteiger charge is 2.27. The summed E-state index contributed by atoms with van der Waals surface area (Å²) in [6, 6.07) is 21.4. The Bertz CT molecular complexity index is 2410. The number of aromatic nitrogens is 3. The smallest absolute Gasteiger partial charge is 0.311 e. The monoisotopic (exact) mass is 962 g/mol. The highest BCUT2D eigenvalue weighted by molar-refractivity contribution is 9.10. The SMILES string of the molecule is CCOCn1c(Br)c(C#N)c(F)c1-c1ccc(Cl)cc1.N#Cc1c(-c2ccc(Cl)c(Cl)c2)[nH]c(Cl)c1F.O=[N+]([O-])c1c(-c2ccc(Cl)cc2)[nH]c(F)c1Br. The minimum Gasteiger partial charge on any atom is -0.361 e. The summed E-state index contributed by atoms with van der Waals surface area (Å²) >= 11 is 34.9. The summed E-state index contributed by atoms with van der Waals surface area (Å²) in [6.45, 7) is 2.50. The van der Waals surface area contributed by atoms with E-state index in [9.17, 15) is 23.3 Å². The van der Waals surface area contributed by atoms with E-state index < -0.39 is 22.5 Å². The molecule has 0 aliphatic heterocycles. The Morgan fingerprint density at radius 2 is 1.35 bits per heavy atom. The van der Waals surface area contributed by atoms with Gasteiger partial charge in [-0.05, 0) is 75.2 Å². The molecule has 0 amide bonds. The maximum atomic E-state index is 14.4. The molecule has 19 heteroatoms. The summed E-state index contributed by atoms with van der Waals surface area (Å²) in [5.41, 5.74) is 1.86. The number of hydrogen-bond acceptors (Lipinski definition) is 5. The Morgan fingerprint density at radius 1 is 0.796 bits per heavy atom. The first kappa shape index (κ1) is 42.8. The lowest BCUT2D eigenvalue weighted by Gasteiger charge is -2.10. The second kappa shape index (κ2) is 19.1. The first-order valence-corrected chi connectivity index (χ1v) is 18.3. The molecular weight excluding hydrogens is 946 g/mol. The van der Waals surface area contributed by atoms with Crippen molar-refractivity contribution < 1.29 is 22.8 Å². The molecule has 278 valence electrons. The van der Waals surface area contributed by atoms with Gasteiger partial charge in [-0.1, -0.05) is 88.3 Å². The van der Waals surface area contributed by atoms with Crippen LogP contribution in [0.3, 0.4) is 0 Å². The fourth-order valence-corrected chi connectivity index (χ4v) is 6.43. The molecular formula is C35H20Br2Cl5F3N6O3. The van der Waals surface area contributed by atoms with E-state index in [2.05, 4.69) is 41.8 Å². The van der Waals surface area contributed by atoms with Crippen LogP contribution in [-0.4, -0.2) is 26.1 Å². The minimum atomic E-state index is -0.776. The first-order valence-electron chi connectivity index (χ1n) is 14.9. The molecule has 6 rings (SSSR count). The van der Waals surface area contributed by atoms with Crippen molar-refractivity contribution in [1.29, 1.82) is 10.5 Å². The van der Waals surface area contributed by atoms with Crippen LogP contribution < -0.4 is 0 Å². The van der Waals surface area contributed by atoms with Crippen molar-refractivity contribution in [2.24, 2.45) is 0 Å². The number of H-pyrrole nitrogens is 2. The molecule has 0 spiro atoms. The summed E-state index contributed by atoms with van der Waals surface area (Å²) in [4.78, 5) is 15.1. The van der Waals surface area contributed by atoms with Crippen molar-refractivity contribution in [2.75, 3.05) is 6.61 Å². The fourth-order valence-electron chi connectivity index (χ4n) is 4.70. The topological polar surface area (TPSA) is 136 Å². The molecule has 3 aromatic heterocycles. The first-order chi connectivity index (χ1) is 25.6. The zero-order chi connectivity index (χ0) is 39.9. The van der Waals surface area contributed by atoms with Gasteiger partial charge in [0.05, 0.1) is 26.4 Å². The molecule has 0 fully saturated rings. The molecule has 3 heterocycles. The average molecular weight is 967 g/mol. The van der Waals surface area contributed by atoms with Gasteiger partial charge in [0.1, 0.15) is 45.4 Å². The van der Waals surface area contributed by atoms with Crippen molar-refractivity contribution in [3.63, 3.8) is 0 Å². The number of ether oxygens (including phenoxy) is 1. The van der Waals surface area contributed by atoms with Crippen LogP contribution in [0.4, 0.5) is 18.9 Å². The van der Waals surface area contributed by atoms with Gasteiger partial charge in [0.25, 0.3) is 0 Å². The molecule has 0 unspecified atom stereocenters. The lowest BCUT2D eigenvalue weighted by Crippen LogP contribution is -2.04. The normalized spacial score (nSPS) is 10.5. The van der Waals surface area contributed by atoms with Gasteiger partial charge in [0, 0.05) is 33.3 Å². The average Bonchev–Trinajstić information content (AvgIpc) is 3.71. The Kier molecular flexibility index (Phi) is 15.1. The molecule has 0 saturated heterocycles. The number of nitrogens with zero attached hydrogens (tertiary/aromatic N) is 4. The van der Waals surface area contributed by atoms with Gasteiger partial charge in [-0.3, -0.25) is 10.1 Å². The van der Waals surface area contributed by atoms with Crippen LogP contribution in [0.2, 0.25) is 25.2 Å². The predicted molar refractivity (Wildman–Crippen MR) is 210 cm³/mol. The standard InChI is InChI=1S/C14H11BrClFN2O.C11H4Cl3FN2.C10H5BrClFN2O2/c1-2-20-8-19-13(9-3-5-10(16)6-4-9)12(17)11(7-18)14(19)15;12-7-2-1-5(3-8(7)13)10-6(4-16)9(15)11(14)17-10;11-7-9(15(16)17)8(14-10(7)13)5-1-3-6(12)4-2-5/h3-6H,2,8H2,1H3;1-3,17H;1-4,14H. The lowest BCUT2D eigenvalue weighted by molar-refractivity contribution is -0.384. The number of nitrogens with one attached hydrogen (secondary N) is 2. The molecule has 6 aromatic rings. The Hall–Kier alpha value is -3.96. The second-order valence-corrected chi connectivity index (χ2v) is 14.1. The van der Waals surface area contributed by atoms with Gasteiger partial charge < -0.3 is 19.3 Å². The van der Waals surface area contributed by atoms with Crippen LogP contribution >= 0.6 is 89.9 Å².